The average molecular weight is 369 g/mol. The lowest BCUT2D eigenvalue weighted by Gasteiger charge is -2.22. The lowest BCUT2D eigenvalue weighted by atomic mass is 9.92. The van der Waals surface area contributed by atoms with Crippen molar-refractivity contribution in [3.63, 3.8) is 0 Å². The van der Waals surface area contributed by atoms with Crippen LogP contribution in [0, 0.1) is 17.0 Å². The Kier molecular flexibility index (Phi) is 4.81. The van der Waals surface area contributed by atoms with Crippen LogP contribution >= 0.6 is 0 Å². The van der Waals surface area contributed by atoms with Crippen molar-refractivity contribution >= 4 is 17.6 Å². The Labute approximate surface area is 155 Å². The SMILES string of the molecule is Cc1cccc(OCCN2C(=O)NC(C)(c3ccc([N+](=O)[O-])cc3)C2=O)c1. The number of non-ortho nitro benzene ring substituents is 1. The zero-order chi connectivity index (χ0) is 19.6. The molecule has 1 unspecified atom stereocenters. The number of carbonyl (C=O) groups excluding carboxylic acids is 2. The van der Waals surface area contributed by atoms with Crippen LogP contribution in [-0.2, 0) is 10.3 Å². The van der Waals surface area contributed by atoms with Crippen LogP contribution in [0.15, 0.2) is 48.5 Å². The van der Waals surface area contributed by atoms with E-state index in [1.165, 1.54) is 24.3 Å². The maximum Gasteiger partial charge on any atom is 0.325 e. The van der Waals surface area contributed by atoms with Crippen LogP contribution in [0.5, 0.6) is 5.75 Å². The number of nitrogens with one attached hydrogen (secondary N) is 1. The molecule has 0 aromatic heterocycles. The zero-order valence-corrected chi connectivity index (χ0v) is 15.0. The summed E-state index contributed by atoms with van der Waals surface area (Å²) in [5, 5.41) is 13.4. The van der Waals surface area contributed by atoms with E-state index in [0.29, 0.717) is 11.3 Å². The highest BCUT2D eigenvalue weighted by molar-refractivity contribution is 6.07. The number of carbonyl (C=O) groups is 2. The number of nitro benzene ring substituents is 1. The Bertz CT molecular complexity index is 896. The predicted molar refractivity (Wildman–Crippen MR) is 97.4 cm³/mol. The molecule has 3 rings (SSSR count). The van der Waals surface area contributed by atoms with E-state index in [2.05, 4.69) is 5.32 Å². The van der Waals surface area contributed by atoms with Gasteiger partial charge in [0.1, 0.15) is 17.9 Å². The van der Waals surface area contributed by atoms with Gasteiger partial charge in [0.05, 0.1) is 11.5 Å². The maximum absolute atomic E-state index is 12.8. The van der Waals surface area contributed by atoms with Gasteiger partial charge in [0.25, 0.3) is 11.6 Å². The molecule has 1 heterocycles. The molecular formula is C19H19N3O5. The predicted octanol–water partition coefficient (Wildman–Crippen LogP) is 2.75. The summed E-state index contributed by atoms with van der Waals surface area (Å²) in [6.45, 7) is 3.79. The van der Waals surface area contributed by atoms with Gasteiger partial charge in [0, 0.05) is 12.1 Å². The van der Waals surface area contributed by atoms with Gasteiger partial charge in [-0.3, -0.25) is 19.8 Å². The van der Waals surface area contributed by atoms with Crippen LogP contribution < -0.4 is 10.1 Å². The van der Waals surface area contributed by atoms with Crippen LogP contribution in [0.1, 0.15) is 18.1 Å². The number of nitro groups is 1. The third-order valence-electron chi connectivity index (χ3n) is 4.50. The van der Waals surface area contributed by atoms with Crippen molar-refractivity contribution in [2.75, 3.05) is 13.2 Å². The number of hydrogen-bond acceptors (Lipinski definition) is 5. The first-order chi connectivity index (χ1) is 12.8. The lowest BCUT2D eigenvalue weighted by Crippen LogP contribution is -2.41. The third-order valence-corrected chi connectivity index (χ3v) is 4.50. The molecule has 0 aliphatic carbocycles. The molecule has 1 saturated heterocycles. The minimum absolute atomic E-state index is 0.0810. The molecule has 0 bridgehead atoms. The summed E-state index contributed by atoms with van der Waals surface area (Å²) < 4.78 is 5.61. The maximum atomic E-state index is 12.8. The zero-order valence-electron chi connectivity index (χ0n) is 15.0. The largest absolute Gasteiger partial charge is 0.492 e. The first-order valence-electron chi connectivity index (χ1n) is 8.40. The molecule has 140 valence electrons. The van der Waals surface area contributed by atoms with Gasteiger partial charge in [-0.25, -0.2) is 4.79 Å². The smallest absolute Gasteiger partial charge is 0.325 e. The average Bonchev–Trinajstić information content (AvgIpc) is 2.86. The van der Waals surface area contributed by atoms with Crippen molar-refractivity contribution in [1.29, 1.82) is 0 Å². The summed E-state index contributed by atoms with van der Waals surface area (Å²) in [6, 6.07) is 12.5. The number of ether oxygens (including phenoxy) is 1. The second-order valence-electron chi connectivity index (χ2n) is 6.48. The molecule has 1 aliphatic rings. The van der Waals surface area contributed by atoms with E-state index in [1.807, 2.05) is 25.1 Å². The van der Waals surface area contributed by atoms with Gasteiger partial charge >= 0.3 is 6.03 Å². The lowest BCUT2D eigenvalue weighted by molar-refractivity contribution is -0.384. The topological polar surface area (TPSA) is 102 Å². The highest BCUT2D eigenvalue weighted by Crippen LogP contribution is 2.30. The van der Waals surface area contributed by atoms with E-state index in [4.69, 9.17) is 4.74 Å². The number of amides is 3. The number of rotatable bonds is 6. The molecule has 0 saturated carbocycles. The molecule has 3 amide bonds. The summed E-state index contributed by atoms with van der Waals surface area (Å²) in [7, 11) is 0. The Balaban J connectivity index is 1.69. The number of benzene rings is 2. The second-order valence-corrected chi connectivity index (χ2v) is 6.48. The highest BCUT2D eigenvalue weighted by atomic mass is 16.6. The first-order valence-corrected chi connectivity index (χ1v) is 8.40. The van der Waals surface area contributed by atoms with E-state index in [9.17, 15) is 19.7 Å². The first kappa shape index (κ1) is 18.4. The second kappa shape index (κ2) is 7.06. The Morgan fingerprint density at radius 3 is 2.52 bits per heavy atom. The molecule has 0 spiro atoms. The fourth-order valence-corrected chi connectivity index (χ4v) is 2.97. The van der Waals surface area contributed by atoms with E-state index in [-0.39, 0.29) is 18.8 Å². The molecule has 1 N–H and O–H groups in total. The highest BCUT2D eigenvalue weighted by Gasteiger charge is 2.48. The van der Waals surface area contributed by atoms with Crippen LogP contribution in [0.2, 0.25) is 0 Å². The van der Waals surface area contributed by atoms with Crippen LogP contribution in [0.4, 0.5) is 10.5 Å². The molecule has 2 aromatic rings. The van der Waals surface area contributed by atoms with E-state index < -0.39 is 22.4 Å². The summed E-state index contributed by atoms with van der Waals surface area (Å²) in [4.78, 5) is 36.4. The molecular weight excluding hydrogens is 350 g/mol. The number of hydrogen-bond donors (Lipinski definition) is 1. The van der Waals surface area contributed by atoms with Crippen LogP contribution in [0.3, 0.4) is 0 Å². The summed E-state index contributed by atoms with van der Waals surface area (Å²) >= 11 is 0. The van der Waals surface area contributed by atoms with Crippen molar-refractivity contribution in [3.05, 3.63) is 69.8 Å². The van der Waals surface area contributed by atoms with Crippen LogP contribution in [0.25, 0.3) is 0 Å². The molecule has 1 atom stereocenters. The molecule has 2 aromatic carbocycles. The van der Waals surface area contributed by atoms with Crippen molar-refractivity contribution in [2.45, 2.75) is 19.4 Å². The minimum Gasteiger partial charge on any atom is -0.492 e. The van der Waals surface area contributed by atoms with E-state index >= 15 is 0 Å². The van der Waals surface area contributed by atoms with E-state index in [1.54, 1.807) is 13.0 Å². The fourth-order valence-electron chi connectivity index (χ4n) is 2.97. The number of imide groups is 1. The normalized spacial score (nSPS) is 19.1. The molecule has 1 aliphatic heterocycles. The van der Waals surface area contributed by atoms with Crippen molar-refractivity contribution in [2.24, 2.45) is 0 Å². The van der Waals surface area contributed by atoms with Crippen molar-refractivity contribution < 1.29 is 19.2 Å². The monoisotopic (exact) mass is 369 g/mol. The molecule has 0 radical (unpaired) electrons. The van der Waals surface area contributed by atoms with E-state index in [0.717, 1.165) is 10.5 Å². The summed E-state index contributed by atoms with van der Waals surface area (Å²) in [5.74, 6) is 0.245. The van der Waals surface area contributed by atoms with Gasteiger partial charge in [-0.1, -0.05) is 12.1 Å². The summed E-state index contributed by atoms with van der Waals surface area (Å²) in [6.07, 6.45) is 0. The molecule has 8 heteroatoms. The Hall–Kier alpha value is -3.42. The quantitative estimate of drug-likeness (QED) is 0.479. The van der Waals surface area contributed by atoms with Crippen LogP contribution in [-0.4, -0.2) is 34.9 Å². The number of aryl methyl sites for hydroxylation is 1. The Morgan fingerprint density at radius 1 is 1.19 bits per heavy atom. The molecule has 27 heavy (non-hydrogen) atoms. The Morgan fingerprint density at radius 2 is 1.89 bits per heavy atom. The number of nitrogens with zero attached hydrogens (tertiary/aromatic N) is 2. The van der Waals surface area contributed by atoms with Gasteiger partial charge in [-0.05, 0) is 49.2 Å². The van der Waals surface area contributed by atoms with Gasteiger partial charge in [0.2, 0.25) is 0 Å². The van der Waals surface area contributed by atoms with Gasteiger partial charge in [0.15, 0.2) is 0 Å². The van der Waals surface area contributed by atoms with Crippen molar-refractivity contribution in [3.8, 4) is 5.75 Å². The molecule has 8 nitrogen and oxygen atoms in total. The fraction of sp³-hybridized carbons (Fsp3) is 0.263. The number of urea groups is 1. The van der Waals surface area contributed by atoms with Gasteiger partial charge < -0.3 is 10.1 Å². The van der Waals surface area contributed by atoms with Gasteiger partial charge in [-0.15, -0.1) is 0 Å². The molecule has 1 fully saturated rings. The van der Waals surface area contributed by atoms with Crippen molar-refractivity contribution in [1.82, 2.24) is 10.2 Å². The summed E-state index contributed by atoms with van der Waals surface area (Å²) in [5.41, 5.74) is 0.180. The minimum atomic E-state index is -1.27. The third kappa shape index (κ3) is 3.59. The standard InChI is InChI=1S/C19H19N3O5/c1-13-4-3-5-16(12-13)27-11-10-21-17(23)19(2,20-18(21)24)14-6-8-15(9-7-14)22(25)26/h3-9,12H,10-11H2,1-2H3,(H,20,24). The van der Waals surface area contributed by atoms with Gasteiger partial charge in [-0.2, -0.15) is 0 Å².